The summed E-state index contributed by atoms with van der Waals surface area (Å²) in [4.78, 5) is 69.5. The van der Waals surface area contributed by atoms with Crippen LogP contribution in [0.15, 0.2) is 60.7 Å². The molecule has 0 aromatic heterocycles. The molecule has 0 bridgehead atoms. The van der Waals surface area contributed by atoms with Crippen molar-refractivity contribution in [3.05, 3.63) is 71.8 Å². The van der Waals surface area contributed by atoms with Crippen LogP contribution >= 0.6 is 0 Å². The molecular weight excluding hydrogens is 558 g/mol. The number of esters is 4. The molecule has 43 heavy (non-hydrogen) atoms. The molecule has 0 saturated carbocycles. The normalized spacial score (nSPS) is 18.3. The standard InChI is InChI=1S/C32H39NO10/c1-29(2,3)42-25(35)24(26(36)43-30(4,5)6)33-23(34)18-31(7,39)32(33,27(37)40-19-21-14-10-8-11-15-21)28(38)41-20-22-16-12-9-13-17-22/h8-17,24,39H,18-20H2,1-7H3. The van der Waals surface area contributed by atoms with Gasteiger partial charge < -0.3 is 24.1 Å². The van der Waals surface area contributed by atoms with E-state index in [4.69, 9.17) is 18.9 Å². The molecule has 232 valence electrons. The lowest BCUT2D eigenvalue weighted by molar-refractivity contribution is -0.199. The van der Waals surface area contributed by atoms with Crippen LogP contribution in [-0.4, -0.2) is 68.2 Å². The van der Waals surface area contributed by atoms with E-state index >= 15 is 0 Å². The Balaban J connectivity index is 2.19. The zero-order chi connectivity index (χ0) is 32.2. The van der Waals surface area contributed by atoms with Crippen molar-refractivity contribution in [3.63, 3.8) is 0 Å². The molecule has 0 radical (unpaired) electrons. The fourth-order valence-corrected chi connectivity index (χ4v) is 4.69. The quantitative estimate of drug-likeness (QED) is 0.260. The summed E-state index contributed by atoms with van der Waals surface area (Å²) in [5.74, 6) is -6.42. The first-order valence-electron chi connectivity index (χ1n) is 13.8. The summed E-state index contributed by atoms with van der Waals surface area (Å²) in [6.07, 6.45) is -0.823. The largest absolute Gasteiger partial charge is 0.459 e. The van der Waals surface area contributed by atoms with E-state index in [2.05, 4.69) is 0 Å². The van der Waals surface area contributed by atoms with E-state index in [0.29, 0.717) is 16.0 Å². The van der Waals surface area contributed by atoms with Gasteiger partial charge in [-0.15, -0.1) is 0 Å². The Kier molecular flexibility index (Phi) is 9.70. The van der Waals surface area contributed by atoms with Crippen LogP contribution < -0.4 is 0 Å². The number of hydrogen-bond donors (Lipinski definition) is 1. The zero-order valence-corrected chi connectivity index (χ0v) is 25.5. The molecule has 1 amide bonds. The van der Waals surface area contributed by atoms with Gasteiger partial charge in [0.05, 0.1) is 6.42 Å². The van der Waals surface area contributed by atoms with E-state index in [0.717, 1.165) is 6.92 Å². The number of benzene rings is 2. The minimum absolute atomic E-state index is 0.352. The second kappa shape index (κ2) is 12.5. The zero-order valence-electron chi connectivity index (χ0n) is 25.5. The maximum absolute atomic E-state index is 14.1. The predicted molar refractivity (Wildman–Crippen MR) is 153 cm³/mol. The first kappa shape index (κ1) is 33.3. The number of amides is 1. The third kappa shape index (κ3) is 7.59. The molecule has 1 unspecified atom stereocenters. The van der Waals surface area contributed by atoms with Gasteiger partial charge in [0.15, 0.2) is 0 Å². The van der Waals surface area contributed by atoms with Gasteiger partial charge in [0.1, 0.15) is 30.0 Å². The van der Waals surface area contributed by atoms with E-state index in [9.17, 15) is 29.1 Å². The number of carbonyl (C=O) groups is 5. The highest BCUT2D eigenvalue weighted by Crippen LogP contribution is 2.44. The molecule has 1 saturated heterocycles. The second-order valence-corrected chi connectivity index (χ2v) is 12.5. The number of hydrogen-bond acceptors (Lipinski definition) is 10. The van der Waals surface area contributed by atoms with Crippen molar-refractivity contribution < 1.29 is 48.0 Å². The molecule has 2 aromatic rings. The van der Waals surface area contributed by atoms with Crippen molar-refractivity contribution in [1.82, 2.24) is 4.90 Å². The van der Waals surface area contributed by atoms with Crippen LogP contribution in [0.2, 0.25) is 0 Å². The molecule has 1 heterocycles. The van der Waals surface area contributed by atoms with Crippen molar-refractivity contribution in [2.75, 3.05) is 0 Å². The molecule has 1 fully saturated rings. The third-order valence-corrected chi connectivity index (χ3v) is 6.44. The summed E-state index contributed by atoms with van der Waals surface area (Å²) in [5.41, 5.74) is -6.70. The number of nitrogens with zero attached hydrogens (tertiary/aromatic N) is 1. The van der Waals surface area contributed by atoms with E-state index in [1.54, 1.807) is 60.7 Å². The minimum atomic E-state index is -2.99. The highest BCUT2D eigenvalue weighted by atomic mass is 16.6. The predicted octanol–water partition coefficient (Wildman–Crippen LogP) is 3.25. The SMILES string of the molecule is CC(C)(C)OC(=O)C(C(=O)OC(C)(C)C)N1C(=O)CC(C)(O)C1(C(=O)OCc1ccccc1)C(=O)OCc1ccccc1. The van der Waals surface area contributed by atoms with Crippen LogP contribution in [0.5, 0.6) is 0 Å². The van der Waals surface area contributed by atoms with Gasteiger partial charge in [-0.25, -0.2) is 19.2 Å². The Hall–Kier alpha value is -4.25. The molecule has 2 aromatic carbocycles. The molecule has 1 N–H and O–H groups in total. The van der Waals surface area contributed by atoms with E-state index in [1.165, 1.54) is 41.5 Å². The highest BCUT2D eigenvalue weighted by Gasteiger charge is 2.75. The Morgan fingerprint density at radius 3 is 1.49 bits per heavy atom. The summed E-state index contributed by atoms with van der Waals surface area (Å²) < 4.78 is 21.9. The third-order valence-electron chi connectivity index (χ3n) is 6.44. The van der Waals surface area contributed by atoms with Gasteiger partial charge in [0.25, 0.3) is 5.54 Å². The summed E-state index contributed by atoms with van der Waals surface area (Å²) >= 11 is 0. The van der Waals surface area contributed by atoms with Crippen molar-refractivity contribution in [2.45, 2.75) is 96.5 Å². The summed E-state index contributed by atoms with van der Waals surface area (Å²) in [5, 5.41) is 11.7. The average Bonchev–Trinajstić information content (AvgIpc) is 3.10. The summed E-state index contributed by atoms with van der Waals surface area (Å²) in [7, 11) is 0. The van der Waals surface area contributed by atoms with Gasteiger partial charge in [-0.3, -0.25) is 9.69 Å². The van der Waals surface area contributed by atoms with Gasteiger partial charge >= 0.3 is 23.9 Å². The number of ether oxygens (including phenoxy) is 4. The van der Waals surface area contributed by atoms with E-state index < -0.39 is 64.6 Å². The van der Waals surface area contributed by atoms with Gasteiger partial charge in [-0.2, -0.15) is 0 Å². The average molecular weight is 598 g/mol. The summed E-state index contributed by atoms with van der Waals surface area (Å²) in [6, 6.07) is 14.7. The maximum Gasteiger partial charge on any atom is 0.347 e. The van der Waals surface area contributed by atoms with Crippen molar-refractivity contribution in [2.24, 2.45) is 0 Å². The fourth-order valence-electron chi connectivity index (χ4n) is 4.69. The van der Waals surface area contributed by atoms with Crippen LogP contribution in [-0.2, 0) is 56.1 Å². The van der Waals surface area contributed by atoms with Gasteiger partial charge in [-0.05, 0) is 59.6 Å². The highest BCUT2D eigenvalue weighted by molar-refractivity contribution is 6.15. The Morgan fingerprint density at radius 1 is 0.767 bits per heavy atom. The molecule has 11 heteroatoms. The lowest BCUT2D eigenvalue weighted by atomic mass is 9.80. The van der Waals surface area contributed by atoms with Crippen LogP contribution in [0.25, 0.3) is 0 Å². The first-order chi connectivity index (χ1) is 19.9. The number of rotatable bonds is 9. The molecule has 1 aliphatic heterocycles. The minimum Gasteiger partial charge on any atom is -0.459 e. The number of carbonyl (C=O) groups excluding carboxylic acids is 5. The maximum atomic E-state index is 14.1. The van der Waals surface area contributed by atoms with Crippen molar-refractivity contribution in [3.8, 4) is 0 Å². The smallest absolute Gasteiger partial charge is 0.347 e. The molecule has 3 rings (SSSR count). The monoisotopic (exact) mass is 597 g/mol. The van der Waals surface area contributed by atoms with Crippen LogP contribution in [0.3, 0.4) is 0 Å². The van der Waals surface area contributed by atoms with Gasteiger partial charge in [-0.1, -0.05) is 60.7 Å². The lowest BCUT2D eigenvalue weighted by Gasteiger charge is -2.42. The first-order valence-corrected chi connectivity index (χ1v) is 13.8. The van der Waals surface area contributed by atoms with Gasteiger partial charge in [0.2, 0.25) is 11.9 Å². The molecular formula is C32H39NO10. The molecule has 0 spiro atoms. The Labute approximate surface area is 251 Å². The van der Waals surface area contributed by atoms with Gasteiger partial charge in [0, 0.05) is 0 Å². The Bertz CT molecular complexity index is 1260. The van der Waals surface area contributed by atoms with Crippen LogP contribution in [0.1, 0.15) is 66.0 Å². The topological polar surface area (TPSA) is 146 Å². The van der Waals surface area contributed by atoms with Crippen molar-refractivity contribution in [1.29, 1.82) is 0 Å². The number of aliphatic hydroxyl groups is 1. The number of likely N-dealkylation sites (tertiary alicyclic amines) is 1. The fraction of sp³-hybridized carbons (Fsp3) is 0.469. The van der Waals surface area contributed by atoms with E-state index in [1.807, 2.05) is 0 Å². The molecule has 0 aliphatic carbocycles. The van der Waals surface area contributed by atoms with Crippen molar-refractivity contribution >= 4 is 29.8 Å². The van der Waals surface area contributed by atoms with Crippen LogP contribution in [0, 0.1) is 0 Å². The summed E-state index contributed by atoms with van der Waals surface area (Å²) in [6.45, 7) is 9.58. The second-order valence-electron chi connectivity index (χ2n) is 12.5. The molecule has 1 aliphatic rings. The molecule has 1 atom stereocenters. The van der Waals surface area contributed by atoms with Crippen LogP contribution in [0.4, 0.5) is 0 Å². The Morgan fingerprint density at radius 2 is 1.14 bits per heavy atom. The molecule has 11 nitrogen and oxygen atoms in total. The van der Waals surface area contributed by atoms with E-state index in [-0.39, 0.29) is 13.2 Å². The lowest BCUT2D eigenvalue weighted by Crippen LogP contribution is -2.72.